The highest BCUT2D eigenvalue weighted by Crippen LogP contribution is 2.20. The summed E-state index contributed by atoms with van der Waals surface area (Å²) >= 11 is 3.40. The van der Waals surface area contributed by atoms with Gasteiger partial charge >= 0.3 is 0 Å². The van der Waals surface area contributed by atoms with E-state index in [1.807, 2.05) is 31.2 Å². The van der Waals surface area contributed by atoms with Crippen LogP contribution in [0.1, 0.15) is 23.9 Å². The van der Waals surface area contributed by atoms with Crippen LogP contribution in [-0.4, -0.2) is 20.8 Å². The Balaban J connectivity index is 1.62. The summed E-state index contributed by atoms with van der Waals surface area (Å²) in [6.07, 6.45) is 2.11. The summed E-state index contributed by atoms with van der Waals surface area (Å²) < 4.78 is 8.01. The van der Waals surface area contributed by atoms with Gasteiger partial charge in [-0.2, -0.15) is 9.78 Å². The summed E-state index contributed by atoms with van der Waals surface area (Å²) in [4.78, 5) is 28.0. The van der Waals surface area contributed by atoms with Crippen molar-refractivity contribution in [2.45, 2.75) is 20.0 Å². The number of halogens is 1. The maximum atomic E-state index is 13.1. The van der Waals surface area contributed by atoms with Crippen molar-refractivity contribution in [3.63, 3.8) is 0 Å². The molecule has 33 heavy (non-hydrogen) atoms. The lowest BCUT2D eigenvalue weighted by Gasteiger charge is -2.10. The molecule has 1 aromatic heterocycles. The summed E-state index contributed by atoms with van der Waals surface area (Å²) in [5, 5.41) is 15.7. The van der Waals surface area contributed by atoms with Gasteiger partial charge in [0.1, 0.15) is 18.2 Å². The van der Waals surface area contributed by atoms with Crippen molar-refractivity contribution in [1.82, 2.24) is 9.66 Å². The van der Waals surface area contributed by atoms with E-state index in [4.69, 9.17) is 4.74 Å². The predicted molar refractivity (Wildman–Crippen MR) is 130 cm³/mol. The zero-order valence-electron chi connectivity index (χ0n) is 17.6. The second-order valence-electron chi connectivity index (χ2n) is 7.15. The molecule has 0 amide bonds. The Labute approximate surface area is 197 Å². The molecule has 0 radical (unpaired) electrons. The van der Waals surface area contributed by atoms with E-state index in [2.05, 4.69) is 26.0 Å². The lowest BCUT2D eigenvalue weighted by Crippen LogP contribution is -2.22. The molecule has 166 valence electrons. The monoisotopic (exact) mass is 506 g/mol. The van der Waals surface area contributed by atoms with Crippen molar-refractivity contribution in [2.24, 2.45) is 5.10 Å². The molecule has 0 N–H and O–H groups in total. The van der Waals surface area contributed by atoms with Gasteiger partial charge < -0.3 is 4.74 Å². The molecule has 0 bridgehead atoms. The Bertz CT molecular complexity index is 1410. The average molecular weight is 507 g/mol. The van der Waals surface area contributed by atoms with Crippen LogP contribution in [0.4, 0.5) is 5.69 Å². The van der Waals surface area contributed by atoms with E-state index in [0.717, 1.165) is 10.0 Å². The Morgan fingerprint density at radius 1 is 1.15 bits per heavy atom. The summed E-state index contributed by atoms with van der Waals surface area (Å²) in [6, 6.07) is 18.9. The molecule has 8 nitrogen and oxygen atoms in total. The highest BCUT2D eigenvalue weighted by molar-refractivity contribution is 9.10. The second kappa shape index (κ2) is 9.74. The van der Waals surface area contributed by atoms with Crippen molar-refractivity contribution >= 4 is 38.7 Å². The third-order valence-electron chi connectivity index (χ3n) is 4.96. The zero-order chi connectivity index (χ0) is 23.4. The fourth-order valence-corrected chi connectivity index (χ4v) is 3.62. The van der Waals surface area contributed by atoms with Gasteiger partial charge in [0, 0.05) is 28.6 Å². The lowest BCUT2D eigenvalue weighted by molar-refractivity contribution is -0.384. The van der Waals surface area contributed by atoms with Crippen LogP contribution in [0.25, 0.3) is 10.9 Å². The molecule has 9 heteroatoms. The maximum Gasteiger partial charge on any atom is 0.282 e. The first kappa shape index (κ1) is 22.3. The first-order valence-corrected chi connectivity index (χ1v) is 11.0. The third-order valence-corrected chi connectivity index (χ3v) is 5.46. The van der Waals surface area contributed by atoms with E-state index in [1.54, 1.807) is 36.5 Å². The van der Waals surface area contributed by atoms with Gasteiger partial charge in [0.05, 0.1) is 22.0 Å². The van der Waals surface area contributed by atoms with E-state index in [-0.39, 0.29) is 17.9 Å². The molecule has 0 saturated carbocycles. The maximum absolute atomic E-state index is 13.1. The number of hydrogen-bond donors (Lipinski definition) is 0. The number of nitro benzene ring substituents is 1. The predicted octanol–water partition coefficient (Wildman–Crippen LogP) is 5.09. The molecule has 0 saturated heterocycles. The summed E-state index contributed by atoms with van der Waals surface area (Å²) in [7, 11) is 0. The molecular formula is C24H19BrN4O4. The highest BCUT2D eigenvalue weighted by atomic mass is 79.9. The number of aromatic nitrogens is 2. The van der Waals surface area contributed by atoms with Crippen molar-refractivity contribution in [1.29, 1.82) is 0 Å². The van der Waals surface area contributed by atoms with E-state index >= 15 is 0 Å². The van der Waals surface area contributed by atoms with E-state index in [9.17, 15) is 14.9 Å². The van der Waals surface area contributed by atoms with Gasteiger partial charge in [-0.3, -0.25) is 14.9 Å². The minimum absolute atomic E-state index is 0.0273. The minimum atomic E-state index is -0.441. The van der Waals surface area contributed by atoms with Crippen LogP contribution >= 0.6 is 15.9 Å². The Morgan fingerprint density at radius 2 is 1.91 bits per heavy atom. The molecule has 0 fully saturated rings. The molecule has 0 aliphatic heterocycles. The van der Waals surface area contributed by atoms with Gasteiger partial charge in [-0.15, -0.1) is 0 Å². The summed E-state index contributed by atoms with van der Waals surface area (Å²) in [6.45, 7) is 2.15. The van der Waals surface area contributed by atoms with E-state index in [0.29, 0.717) is 34.5 Å². The van der Waals surface area contributed by atoms with Gasteiger partial charge in [-0.1, -0.05) is 35.0 Å². The number of ether oxygens (including phenoxy) is 1. The molecule has 1 heterocycles. The zero-order valence-corrected chi connectivity index (χ0v) is 19.2. The standard InChI is InChI=1S/C24H19BrN4O4/c1-2-23-27-21-12-9-18(25)13-20(21)24(30)28(23)26-14-17-5-3-4-6-22(17)33-15-16-7-10-19(11-8-16)29(31)32/h3-14H,2,15H2,1H3. The van der Waals surface area contributed by atoms with Gasteiger partial charge in [0.25, 0.3) is 11.2 Å². The fourth-order valence-electron chi connectivity index (χ4n) is 3.26. The van der Waals surface area contributed by atoms with Gasteiger partial charge in [-0.05, 0) is 48.0 Å². The molecular weight excluding hydrogens is 488 g/mol. The number of nitro groups is 1. The van der Waals surface area contributed by atoms with Gasteiger partial charge in [0.2, 0.25) is 0 Å². The quantitative estimate of drug-likeness (QED) is 0.197. The normalized spacial score (nSPS) is 11.2. The van der Waals surface area contributed by atoms with Crippen molar-refractivity contribution in [3.05, 3.63) is 109 Å². The molecule has 4 rings (SSSR count). The van der Waals surface area contributed by atoms with Crippen LogP contribution in [0.3, 0.4) is 0 Å². The molecule has 0 unspecified atom stereocenters. The number of hydrogen-bond acceptors (Lipinski definition) is 6. The molecule has 0 spiro atoms. The first-order chi connectivity index (χ1) is 16.0. The Morgan fingerprint density at radius 3 is 2.64 bits per heavy atom. The van der Waals surface area contributed by atoms with Crippen molar-refractivity contribution in [2.75, 3.05) is 0 Å². The number of nitrogens with zero attached hydrogens (tertiary/aromatic N) is 4. The van der Waals surface area contributed by atoms with Crippen LogP contribution < -0.4 is 10.3 Å². The van der Waals surface area contributed by atoms with Gasteiger partial charge in [0.15, 0.2) is 0 Å². The fraction of sp³-hybridized carbons (Fsp3) is 0.125. The summed E-state index contributed by atoms with van der Waals surface area (Å²) in [5.74, 6) is 1.12. The van der Waals surface area contributed by atoms with Crippen molar-refractivity contribution in [3.8, 4) is 5.75 Å². The molecule has 0 aliphatic rings. The SMILES string of the molecule is CCc1nc2ccc(Br)cc2c(=O)n1N=Cc1ccccc1OCc1ccc([N+](=O)[O-])cc1. The van der Waals surface area contributed by atoms with Crippen LogP contribution in [0.5, 0.6) is 5.75 Å². The second-order valence-corrected chi connectivity index (χ2v) is 8.07. The molecule has 0 aliphatic carbocycles. The Kier molecular flexibility index (Phi) is 6.60. The molecule has 3 aromatic carbocycles. The number of aryl methyl sites for hydroxylation is 1. The smallest absolute Gasteiger partial charge is 0.282 e. The van der Waals surface area contributed by atoms with Crippen LogP contribution in [0, 0.1) is 10.1 Å². The highest BCUT2D eigenvalue weighted by Gasteiger charge is 2.10. The van der Waals surface area contributed by atoms with Crippen LogP contribution in [-0.2, 0) is 13.0 Å². The molecule has 4 aromatic rings. The topological polar surface area (TPSA) is 99.6 Å². The molecule has 0 atom stereocenters. The number of para-hydroxylation sites is 1. The lowest BCUT2D eigenvalue weighted by atomic mass is 10.2. The van der Waals surface area contributed by atoms with E-state index in [1.165, 1.54) is 16.8 Å². The van der Waals surface area contributed by atoms with Gasteiger partial charge in [-0.25, -0.2) is 4.98 Å². The minimum Gasteiger partial charge on any atom is -0.488 e. The van der Waals surface area contributed by atoms with Crippen LogP contribution in [0.15, 0.2) is 81.1 Å². The summed E-state index contributed by atoms with van der Waals surface area (Å²) in [5.41, 5.74) is 1.88. The van der Waals surface area contributed by atoms with E-state index < -0.39 is 4.92 Å². The first-order valence-electron chi connectivity index (χ1n) is 10.2. The number of non-ortho nitro benzene ring substituents is 1. The van der Waals surface area contributed by atoms with Crippen molar-refractivity contribution < 1.29 is 9.66 Å². The van der Waals surface area contributed by atoms with Crippen LogP contribution in [0.2, 0.25) is 0 Å². The number of fused-ring (bicyclic) bond motifs is 1. The number of rotatable bonds is 7. The number of benzene rings is 3. The third kappa shape index (κ3) is 4.98. The largest absolute Gasteiger partial charge is 0.488 e. The average Bonchev–Trinajstić information content (AvgIpc) is 2.83. The Hall–Kier alpha value is -3.85.